The van der Waals surface area contributed by atoms with E-state index >= 15 is 0 Å². The second-order valence-corrected chi connectivity index (χ2v) is 7.51. The maximum Gasteiger partial charge on any atom is 0.340 e. The Morgan fingerprint density at radius 2 is 1.89 bits per heavy atom. The Morgan fingerprint density at radius 3 is 2.37 bits per heavy atom. The number of rotatable bonds is 3. The molecule has 0 aromatic heterocycles. The van der Waals surface area contributed by atoms with Gasteiger partial charge >= 0.3 is 5.97 Å². The molecule has 0 aliphatic heterocycles. The molecule has 4 nitrogen and oxygen atoms in total. The van der Waals surface area contributed by atoms with Gasteiger partial charge in [-0.15, -0.1) is 0 Å². The fourth-order valence-electron chi connectivity index (χ4n) is 1.56. The van der Waals surface area contributed by atoms with Crippen molar-refractivity contribution in [2.45, 2.75) is 30.3 Å². The van der Waals surface area contributed by atoms with Crippen LogP contribution in [0.4, 0.5) is 0 Å². The van der Waals surface area contributed by atoms with E-state index in [1.54, 1.807) is 0 Å². The van der Waals surface area contributed by atoms with Crippen LogP contribution in [0.5, 0.6) is 0 Å². The van der Waals surface area contributed by atoms with E-state index in [0.29, 0.717) is 0 Å². The summed E-state index contributed by atoms with van der Waals surface area (Å²) in [6, 6.07) is 2.16. The topological polar surface area (TPSA) is 60.4 Å². The second kappa shape index (κ2) is 5.48. The zero-order valence-corrected chi connectivity index (χ0v) is 12.6. The molecular weight excluding hydrogens is 335 g/mol. The molecule has 1 fully saturated rings. The molecule has 104 valence electrons. The maximum absolute atomic E-state index is 11.9. The highest BCUT2D eigenvalue weighted by Crippen LogP contribution is 2.32. The van der Waals surface area contributed by atoms with E-state index in [1.807, 2.05) is 0 Å². The Hall–Kier alpha value is -0.490. The van der Waals surface area contributed by atoms with Crippen LogP contribution in [0.1, 0.15) is 29.6 Å². The number of esters is 1. The van der Waals surface area contributed by atoms with Crippen molar-refractivity contribution in [3.8, 4) is 0 Å². The van der Waals surface area contributed by atoms with E-state index < -0.39 is 15.0 Å². The van der Waals surface area contributed by atoms with E-state index in [4.69, 9.17) is 38.6 Å². The lowest BCUT2D eigenvalue weighted by atomic mass is 9.96. The standard InChI is InChI=1S/C11H9Cl3O4S/c12-9-5-7(19(14,16)17)4-8(10(9)13)11(15)18-6-2-1-3-6/h4-6H,1-3H2. The first-order valence-electron chi connectivity index (χ1n) is 5.43. The number of hydrogen-bond acceptors (Lipinski definition) is 4. The van der Waals surface area contributed by atoms with Crippen molar-refractivity contribution < 1.29 is 17.9 Å². The molecule has 19 heavy (non-hydrogen) atoms. The lowest BCUT2D eigenvalue weighted by Crippen LogP contribution is -2.25. The minimum absolute atomic E-state index is 0.0462. The third kappa shape index (κ3) is 3.34. The van der Waals surface area contributed by atoms with Gasteiger partial charge in [-0.1, -0.05) is 23.2 Å². The van der Waals surface area contributed by atoms with Gasteiger partial charge in [-0.2, -0.15) is 0 Å². The molecule has 0 saturated heterocycles. The van der Waals surface area contributed by atoms with Crippen LogP contribution < -0.4 is 0 Å². The molecule has 0 spiro atoms. The Balaban J connectivity index is 2.37. The van der Waals surface area contributed by atoms with Gasteiger partial charge in [-0.25, -0.2) is 13.2 Å². The Morgan fingerprint density at radius 1 is 1.26 bits per heavy atom. The maximum atomic E-state index is 11.9. The predicted octanol–water partition coefficient (Wildman–Crippen LogP) is 3.63. The molecule has 0 heterocycles. The van der Waals surface area contributed by atoms with Gasteiger partial charge in [0.05, 0.1) is 20.5 Å². The molecule has 0 atom stereocenters. The van der Waals surface area contributed by atoms with E-state index in [-0.39, 0.29) is 26.6 Å². The summed E-state index contributed by atoms with van der Waals surface area (Å²) >= 11 is 11.7. The Bertz CT molecular complexity index is 623. The lowest BCUT2D eigenvalue weighted by Gasteiger charge is -2.25. The number of halogens is 3. The predicted molar refractivity (Wildman–Crippen MR) is 72.6 cm³/mol. The van der Waals surface area contributed by atoms with Crippen molar-refractivity contribution in [3.05, 3.63) is 27.7 Å². The lowest BCUT2D eigenvalue weighted by molar-refractivity contribution is 0.00900. The fraction of sp³-hybridized carbons (Fsp3) is 0.364. The van der Waals surface area contributed by atoms with Crippen LogP contribution in [0, 0.1) is 0 Å². The van der Waals surface area contributed by atoms with Crippen LogP contribution in [-0.2, 0) is 13.8 Å². The fourth-order valence-corrected chi connectivity index (χ4v) is 2.81. The van der Waals surface area contributed by atoms with Crippen LogP contribution in [0.3, 0.4) is 0 Å². The van der Waals surface area contributed by atoms with Gasteiger partial charge in [0.2, 0.25) is 0 Å². The first-order chi connectivity index (χ1) is 8.79. The van der Waals surface area contributed by atoms with Gasteiger partial charge in [0.1, 0.15) is 6.10 Å². The summed E-state index contributed by atoms with van der Waals surface area (Å²) in [5.74, 6) is -0.696. The highest BCUT2D eigenvalue weighted by molar-refractivity contribution is 8.13. The van der Waals surface area contributed by atoms with Crippen LogP contribution >= 0.6 is 33.9 Å². The summed E-state index contributed by atoms with van der Waals surface area (Å²) in [6.07, 6.45) is 2.45. The van der Waals surface area contributed by atoms with E-state index in [1.165, 1.54) is 0 Å². The highest BCUT2D eigenvalue weighted by atomic mass is 35.7. The number of hydrogen-bond donors (Lipinski definition) is 0. The summed E-state index contributed by atoms with van der Waals surface area (Å²) in [6.45, 7) is 0. The quantitative estimate of drug-likeness (QED) is 0.621. The third-order valence-corrected chi connectivity index (χ3v) is 4.96. The summed E-state index contributed by atoms with van der Waals surface area (Å²) in [5.41, 5.74) is -0.0970. The molecule has 1 aliphatic carbocycles. The molecule has 0 unspecified atom stereocenters. The smallest absolute Gasteiger partial charge is 0.340 e. The van der Waals surface area contributed by atoms with Crippen molar-refractivity contribution in [3.63, 3.8) is 0 Å². The van der Waals surface area contributed by atoms with Crippen molar-refractivity contribution in [1.29, 1.82) is 0 Å². The van der Waals surface area contributed by atoms with E-state index in [9.17, 15) is 13.2 Å². The van der Waals surface area contributed by atoms with Crippen molar-refractivity contribution in [2.75, 3.05) is 0 Å². The first kappa shape index (κ1) is 14.9. The minimum atomic E-state index is -4.00. The zero-order chi connectivity index (χ0) is 14.2. The zero-order valence-electron chi connectivity index (χ0n) is 9.53. The normalized spacial score (nSPS) is 15.9. The van der Waals surface area contributed by atoms with Gasteiger partial charge in [0, 0.05) is 10.7 Å². The van der Waals surface area contributed by atoms with Crippen LogP contribution in [-0.4, -0.2) is 20.5 Å². The molecule has 1 saturated carbocycles. The number of carbonyl (C=O) groups is 1. The number of carbonyl (C=O) groups excluding carboxylic acids is 1. The molecule has 0 bridgehead atoms. The van der Waals surface area contributed by atoms with Gasteiger partial charge in [-0.3, -0.25) is 0 Å². The number of ether oxygens (including phenoxy) is 1. The second-order valence-electron chi connectivity index (χ2n) is 4.16. The summed E-state index contributed by atoms with van der Waals surface area (Å²) < 4.78 is 27.7. The average molecular weight is 344 g/mol. The molecule has 0 radical (unpaired) electrons. The molecule has 0 N–H and O–H groups in total. The molecule has 1 aromatic carbocycles. The van der Waals surface area contributed by atoms with E-state index in [0.717, 1.165) is 31.4 Å². The molecule has 8 heteroatoms. The van der Waals surface area contributed by atoms with Gasteiger partial charge in [0.15, 0.2) is 0 Å². The SMILES string of the molecule is O=C(OC1CCC1)c1cc(S(=O)(=O)Cl)cc(Cl)c1Cl. The number of benzene rings is 1. The largest absolute Gasteiger partial charge is 0.459 e. The third-order valence-electron chi connectivity index (χ3n) is 2.83. The van der Waals surface area contributed by atoms with Crippen molar-refractivity contribution >= 4 is 48.9 Å². The first-order valence-corrected chi connectivity index (χ1v) is 8.50. The van der Waals surface area contributed by atoms with Crippen LogP contribution in [0.2, 0.25) is 10.0 Å². The summed E-state index contributed by atoms with van der Waals surface area (Å²) in [5, 5.41) is -0.112. The van der Waals surface area contributed by atoms with Crippen molar-refractivity contribution in [2.24, 2.45) is 0 Å². The van der Waals surface area contributed by atoms with Gasteiger partial charge < -0.3 is 4.74 Å². The molecule has 0 amide bonds. The molecule has 1 aliphatic rings. The minimum Gasteiger partial charge on any atom is -0.459 e. The Labute approximate surface area is 125 Å². The van der Waals surface area contributed by atoms with Crippen LogP contribution in [0.15, 0.2) is 17.0 Å². The molecule has 1 aromatic rings. The van der Waals surface area contributed by atoms with Crippen molar-refractivity contribution in [1.82, 2.24) is 0 Å². The van der Waals surface area contributed by atoms with Crippen LogP contribution in [0.25, 0.3) is 0 Å². The Kier molecular flexibility index (Phi) is 4.30. The van der Waals surface area contributed by atoms with Gasteiger partial charge in [-0.05, 0) is 31.4 Å². The van der Waals surface area contributed by atoms with E-state index in [2.05, 4.69) is 0 Å². The average Bonchev–Trinajstić information content (AvgIpc) is 2.25. The molecular formula is C11H9Cl3O4S. The highest BCUT2D eigenvalue weighted by Gasteiger charge is 2.26. The summed E-state index contributed by atoms with van der Waals surface area (Å²) in [4.78, 5) is 11.6. The summed E-state index contributed by atoms with van der Waals surface area (Å²) in [7, 11) is 1.23. The van der Waals surface area contributed by atoms with Gasteiger partial charge in [0.25, 0.3) is 9.05 Å². The monoisotopic (exact) mass is 342 g/mol. The molecule has 2 rings (SSSR count).